The molecule has 1 unspecified atom stereocenters. The molecule has 31 heavy (non-hydrogen) atoms. The fraction of sp³-hybridized carbons (Fsp3) is 0.160. The summed E-state index contributed by atoms with van der Waals surface area (Å²) in [5, 5.41) is 2.88. The Bertz CT molecular complexity index is 1120. The third-order valence-electron chi connectivity index (χ3n) is 5.87. The van der Waals surface area contributed by atoms with Gasteiger partial charge in [0.25, 0.3) is 11.8 Å². The molecule has 2 aliphatic rings. The highest BCUT2D eigenvalue weighted by Crippen LogP contribution is 2.32. The van der Waals surface area contributed by atoms with Gasteiger partial charge < -0.3 is 10.2 Å². The SMILES string of the molecule is O=C(NCc1ccccc1)c1ccc(N2C(=O)C3Cc4ccccc4CN3C2=O)cc1. The lowest BCUT2D eigenvalue weighted by atomic mass is 9.95. The molecular weight excluding hydrogens is 390 g/mol. The van der Waals surface area contributed by atoms with E-state index >= 15 is 0 Å². The van der Waals surface area contributed by atoms with Crippen molar-refractivity contribution in [3.63, 3.8) is 0 Å². The van der Waals surface area contributed by atoms with Crippen LogP contribution < -0.4 is 10.2 Å². The average Bonchev–Trinajstić information content (AvgIpc) is 3.06. The summed E-state index contributed by atoms with van der Waals surface area (Å²) in [5.41, 5.74) is 4.15. The lowest BCUT2D eigenvalue weighted by Crippen LogP contribution is -2.39. The number of hydrogen-bond donors (Lipinski definition) is 1. The first-order chi connectivity index (χ1) is 15.1. The average molecular weight is 411 g/mol. The highest BCUT2D eigenvalue weighted by atomic mass is 16.2. The van der Waals surface area contributed by atoms with Crippen molar-refractivity contribution in [1.82, 2.24) is 10.2 Å². The van der Waals surface area contributed by atoms with Gasteiger partial charge in [0.1, 0.15) is 6.04 Å². The summed E-state index contributed by atoms with van der Waals surface area (Å²) < 4.78 is 0. The van der Waals surface area contributed by atoms with Crippen LogP contribution in [0.15, 0.2) is 78.9 Å². The maximum Gasteiger partial charge on any atom is 0.332 e. The first-order valence-corrected chi connectivity index (χ1v) is 10.3. The third-order valence-corrected chi connectivity index (χ3v) is 5.87. The van der Waals surface area contributed by atoms with E-state index in [0.717, 1.165) is 16.7 Å². The van der Waals surface area contributed by atoms with Gasteiger partial charge in [-0.2, -0.15) is 0 Å². The fourth-order valence-corrected chi connectivity index (χ4v) is 4.20. The van der Waals surface area contributed by atoms with Gasteiger partial charge in [-0.1, -0.05) is 54.6 Å². The van der Waals surface area contributed by atoms with Gasteiger partial charge in [0.2, 0.25) is 0 Å². The van der Waals surface area contributed by atoms with E-state index < -0.39 is 6.04 Å². The summed E-state index contributed by atoms with van der Waals surface area (Å²) in [6.07, 6.45) is 0.525. The Labute approximate surface area is 180 Å². The van der Waals surface area contributed by atoms with Gasteiger partial charge >= 0.3 is 6.03 Å². The molecule has 6 nitrogen and oxygen atoms in total. The topological polar surface area (TPSA) is 69.7 Å². The van der Waals surface area contributed by atoms with Crippen LogP contribution in [0.3, 0.4) is 0 Å². The highest BCUT2D eigenvalue weighted by Gasteiger charge is 2.47. The molecule has 1 N–H and O–H groups in total. The van der Waals surface area contributed by atoms with E-state index in [1.807, 2.05) is 54.6 Å². The number of rotatable bonds is 4. The molecule has 0 aromatic heterocycles. The Kier molecular flexibility index (Phi) is 4.75. The summed E-state index contributed by atoms with van der Waals surface area (Å²) in [5.74, 6) is -0.428. The molecule has 0 saturated carbocycles. The van der Waals surface area contributed by atoms with E-state index in [1.54, 1.807) is 29.2 Å². The molecule has 2 aliphatic heterocycles. The molecular formula is C25H21N3O3. The predicted molar refractivity (Wildman–Crippen MR) is 116 cm³/mol. The molecule has 6 heteroatoms. The number of urea groups is 1. The molecule has 0 spiro atoms. The Morgan fingerprint density at radius 2 is 1.55 bits per heavy atom. The number of anilines is 1. The molecule has 0 radical (unpaired) electrons. The van der Waals surface area contributed by atoms with Gasteiger partial charge in [-0.15, -0.1) is 0 Å². The Balaban J connectivity index is 1.30. The second-order valence-corrected chi connectivity index (χ2v) is 7.79. The molecule has 3 aromatic carbocycles. The minimum absolute atomic E-state index is 0.206. The minimum atomic E-state index is -0.476. The summed E-state index contributed by atoms with van der Waals surface area (Å²) in [4.78, 5) is 41.3. The van der Waals surface area contributed by atoms with Crippen LogP contribution in [0.1, 0.15) is 27.0 Å². The number of carbonyl (C=O) groups is 3. The monoisotopic (exact) mass is 411 g/mol. The zero-order chi connectivity index (χ0) is 21.4. The highest BCUT2D eigenvalue weighted by molar-refractivity contribution is 6.21. The number of imide groups is 1. The lowest BCUT2D eigenvalue weighted by molar-refractivity contribution is -0.120. The molecule has 1 atom stereocenters. The van der Waals surface area contributed by atoms with Crippen molar-refractivity contribution >= 4 is 23.5 Å². The maximum atomic E-state index is 13.0. The summed E-state index contributed by atoms with van der Waals surface area (Å²) >= 11 is 0. The third kappa shape index (κ3) is 3.46. The van der Waals surface area contributed by atoms with Gasteiger partial charge in [-0.05, 0) is 41.0 Å². The molecule has 3 aromatic rings. The van der Waals surface area contributed by atoms with Crippen molar-refractivity contribution < 1.29 is 14.4 Å². The van der Waals surface area contributed by atoms with E-state index in [0.29, 0.717) is 30.8 Å². The first-order valence-electron chi connectivity index (χ1n) is 10.3. The van der Waals surface area contributed by atoms with Crippen LogP contribution >= 0.6 is 0 Å². The maximum absolute atomic E-state index is 13.0. The molecule has 1 fully saturated rings. The quantitative estimate of drug-likeness (QED) is 0.668. The number of fused-ring (bicyclic) bond motifs is 2. The zero-order valence-electron chi connectivity index (χ0n) is 16.8. The summed E-state index contributed by atoms with van der Waals surface area (Å²) in [7, 11) is 0. The Morgan fingerprint density at radius 1 is 0.871 bits per heavy atom. The van der Waals surface area contributed by atoms with Crippen LogP contribution in [-0.2, 0) is 24.3 Å². The number of hydrogen-bond acceptors (Lipinski definition) is 3. The Hall–Kier alpha value is -3.93. The molecule has 0 bridgehead atoms. The largest absolute Gasteiger partial charge is 0.348 e. The second-order valence-electron chi connectivity index (χ2n) is 7.79. The first kappa shape index (κ1) is 19.1. The van der Waals surface area contributed by atoms with E-state index in [9.17, 15) is 14.4 Å². The number of amides is 4. The van der Waals surface area contributed by atoms with Crippen molar-refractivity contribution in [3.8, 4) is 0 Å². The number of carbonyl (C=O) groups excluding carboxylic acids is 3. The van der Waals surface area contributed by atoms with E-state index in [4.69, 9.17) is 0 Å². The molecule has 1 saturated heterocycles. The van der Waals surface area contributed by atoms with Gasteiger partial charge in [0, 0.05) is 25.1 Å². The molecule has 0 aliphatic carbocycles. The molecule has 154 valence electrons. The summed E-state index contributed by atoms with van der Waals surface area (Å²) in [6, 6.07) is 23.4. The predicted octanol–water partition coefficient (Wildman–Crippen LogP) is 3.51. The lowest BCUT2D eigenvalue weighted by Gasteiger charge is -2.28. The van der Waals surface area contributed by atoms with Gasteiger partial charge in [-0.3, -0.25) is 9.59 Å². The zero-order valence-corrected chi connectivity index (χ0v) is 16.8. The second kappa shape index (κ2) is 7.72. The van der Waals surface area contributed by atoms with Gasteiger partial charge in [-0.25, -0.2) is 9.69 Å². The molecule has 4 amide bonds. The normalized spacial score (nSPS) is 17.4. The van der Waals surface area contributed by atoms with Crippen LogP contribution in [0.25, 0.3) is 0 Å². The van der Waals surface area contributed by atoms with Gasteiger partial charge in [0.05, 0.1) is 5.69 Å². The smallest absolute Gasteiger partial charge is 0.332 e. The fourth-order valence-electron chi connectivity index (χ4n) is 4.20. The van der Waals surface area contributed by atoms with Crippen LogP contribution in [0.4, 0.5) is 10.5 Å². The summed E-state index contributed by atoms with van der Waals surface area (Å²) in [6.45, 7) is 0.865. The van der Waals surface area contributed by atoms with Crippen molar-refractivity contribution in [2.24, 2.45) is 0 Å². The van der Waals surface area contributed by atoms with Crippen molar-refractivity contribution in [1.29, 1.82) is 0 Å². The van der Waals surface area contributed by atoms with Crippen LogP contribution in [0, 0.1) is 0 Å². The number of benzene rings is 3. The van der Waals surface area contributed by atoms with Crippen molar-refractivity contribution in [2.75, 3.05) is 4.90 Å². The number of nitrogens with one attached hydrogen (secondary N) is 1. The Morgan fingerprint density at radius 3 is 2.29 bits per heavy atom. The minimum Gasteiger partial charge on any atom is -0.348 e. The van der Waals surface area contributed by atoms with Crippen molar-refractivity contribution in [3.05, 3.63) is 101 Å². The molecule has 5 rings (SSSR count). The number of nitrogens with zero attached hydrogens (tertiary/aromatic N) is 2. The van der Waals surface area contributed by atoms with Gasteiger partial charge in [0.15, 0.2) is 0 Å². The van der Waals surface area contributed by atoms with E-state index in [-0.39, 0.29) is 17.8 Å². The van der Waals surface area contributed by atoms with Crippen molar-refractivity contribution in [2.45, 2.75) is 25.6 Å². The molecule has 2 heterocycles. The van der Waals surface area contributed by atoms with E-state index in [1.165, 1.54) is 4.90 Å². The standard InChI is InChI=1S/C25H21N3O3/c29-23(26-15-17-6-2-1-3-7-17)18-10-12-21(13-11-18)28-24(30)22-14-19-8-4-5-9-20(19)16-27(22)25(28)31/h1-13,22H,14-16H2,(H,26,29). The van der Waals surface area contributed by atoms with Crippen LogP contribution in [0.2, 0.25) is 0 Å². The van der Waals surface area contributed by atoms with Crippen LogP contribution in [-0.4, -0.2) is 28.8 Å². The van der Waals surface area contributed by atoms with Crippen LogP contribution in [0.5, 0.6) is 0 Å². The van der Waals surface area contributed by atoms with E-state index in [2.05, 4.69) is 5.32 Å².